The molecule has 11 heteroatoms. The molecule has 0 aliphatic carbocycles. The Kier molecular flexibility index (Phi) is 6.50. The van der Waals surface area contributed by atoms with Crippen LogP contribution in [0.15, 0.2) is 57.9 Å². The molecular formula is C25H20ClF3N2O5. The molecule has 7 nitrogen and oxygen atoms in total. The van der Waals surface area contributed by atoms with E-state index >= 15 is 0 Å². The second-order valence-corrected chi connectivity index (χ2v) is 8.55. The Hall–Kier alpha value is -3.34. The lowest BCUT2D eigenvalue weighted by atomic mass is 10.1. The van der Waals surface area contributed by atoms with E-state index < -0.39 is 23.5 Å². The lowest BCUT2D eigenvalue weighted by molar-refractivity contribution is -0.137. The summed E-state index contributed by atoms with van der Waals surface area (Å²) >= 11 is 6.37. The molecule has 36 heavy (non-hydrogen) atoms. The number of halogens is 4. The van der Waals surface area contributed by atoms with Crippen molar-refractivity contribution >= 4 is 22.6 Å². The van der Waals surface area contributed by atoms with Crippen LogP contribution in [0.1, 0.15) is 12.0 Å². The third-order valence-corrected chi connectivity index (χ3v) is 6.05. The molecule has 1 aliphatic rings. The van der Waals surface area contributed by atoms with Gasteiger partial charge in [-0.05, 0) is 36.4 Å². The van der Waals surface area contributed by atoms with Crippen LogP contribution < -0.4 is 10.2 Å². The summed E-state index contributed by atoms with van der Waals surface area (Å²) in [6, 6.07) is 9.66. The molecule has 1 fully saturated rings. The van der Waals surface area contributed by atoms with Gasteiger partial charge in [0.1, 0.15) is 16.4 Å². The maximum absolute atomic E-state index is 13.4. The molecule has 188 valence electrons. The van der Waals surface area contributed by atoms with E-state index in [1.807, 2.05) is 0 Å². The SMILES string of the molecule is Cn1ccc(-c2ccc3c(=O)c(Cl)c(-c4ccc(C(F)(F)F)cc4OCCC4OCCO4)oc3c2)n1. The van der Waals surface area contributed by atoms with Gasteiger partial charge in [0.05, 0.1) is 42.0 Å². The molecule has 2 aromatic heterocycles. The van der Waals surface area contributed by atoms with Crippen molar-refractivity contribution in [1.82, 2.24) is 9.78 Å². The number of ether oxygens (including phenoxy) is 3. The predicted molar refractivity (Wildman–Crippen MR) is 126 cm³/mol. The van der Waals surface area contributed by atoms with Crippen LogP contribution in [0.5, 0.6) is 5.75 Å². The molecule has 0 spiro atoms. The average Bonchev–Trinajstić information content (AvgIpc) is 3.52. The van der Waals surface area contributed by atoms with Crippen LogP contribution in [0.2, 0.25) is 5.02 Å². The minimum Gasteiger partial charge on any atom is -0.493 e. The van der Waals surface area contributed by atoms with Gasteiger partial charge in [0.15, 0.2) is 12.1 Å². The van der Waals surface area contributed by atoms with Crippen LogP contribution in [-0.4, -0.2) is 35.9 Å². The quantitative estimate of drug-likeness (QED) is 0.326. The Balaban J connectivity index is 1.58. The maximum atomic E-state index is 13.4. The number of nitrogens with zero attached hydrogens (tertiary/aromatic N) is 2. The van der Waals surface area contributed by atoms with E-state index in [-0.39, 0.29) is 39.7 Å². The van der Waals surface area contributed by atoms with Crippen molar-refractivity contribution in [2.75, 3.05) is 19.8 Å². The number of hydrogen-bond donors (Lipinski definition) is 0. The highest BCUT2D eigenvalue weighted by atomic mass is 35.5. The number of aromatic nitrogens is 2. The monoisotopic (exact) mass is 520 g/mol. The van der Waals surface area contributed by atoms with Gasteiger partial charge in [0, 0.05) is 25.2 Å². The molecule has 3 heterocycles. The van der Waals surface area contributed by atoms with Crippen LogP contribution in [0.4, 0.5) is 13.2 Å². The van der Waals surface area contributed by atoms with E-state index in [0.717, 1.165) is 12.1 Å². The molecule has 0 bridgehead atoms. The Morgan fingerprint density at radius 3 is 2.61 bits per heavy atom. The summed E-state index contributed by atoms with van der Waals surface area (Å²) in [6.07, 6.45) is -3.01. The van der Waals surface area contributed by atoms with Gasteiger partial charge in [-0.3, -0.25) is 9.48 Å². The summed E-state index contributed by atoms with van der Waals surface area (Å²) in [5.74, 6) is -0.225. The highest BCUT2D eigenvalue weighted by Gasteiger charge is 2.32. The Bertz CT molecular complexity index is 1480. The molecule has 0 N–H and O–H groups in total. The normalized spacial score (nSPS) is 14.6. The first-order valence-corrected chi connectivity index (χ1v) is 11.4. The predicted octanol–water partition coefficient (Wildman–Crippen LogP) is 5.67. The van der Waals surface area contributed by atoms with Crippen molar-refractivity contribution in [2.45, 2.75) is 18.9 Å². The number of fused-ring (bicyclic) bond motifs is 1. The third-order valence-electron chi connectivity index (χ3n) is 5.70. The van der Waals surface area contributed by atoms with Gasteiger partial charge in [-0.15, -0.1) is 0 Å². The van der Waals surface area contributed by atoms with Crippen molar-refractivity contribution in [1.29, 1.82) is 0 Å². The van der Waals surface area contributed by atoms with Crippen molar-refractivity contribution in [3.05, 3.63) is 69.5 Å². The van der Waals surface area contributed by atoms with Gasteiger partial charge >= 0.3 is 6.18 Å². The molecule has 1 saturated heterocycles. The van der Waals surface area contributed by atoms with Crippen molar-refractivity contribution < 1.29 is 31.8 Å². The van der Waals surface area contributed by atoms with E-state index in [1.54, 1.807) is 42.2 Å². The Morgan fingerprint density at radius 1 is 1.14 bits per heavy atom. The number of aryl methyl sites for hydroxylation is 1. The second-order valence-electron chi connectivity index (χ2n) is 8.18. The van der Waals surface area contributed by atoms with Crippen LogP contribution in [-0.2, 0) is 22.7 Å². The molecule has 0 amide bonds. The molecule has 5 rings (SSSR count). The first kappa shape index (κ1) is 24.4. The lowest BCUT2D eigenvalue weighted by Crippen LogP contribution is -2.13. The van der Waals surface area contributed by atoms with Crippen molar-refractivity contribution in [3.63, 3.8) is 0 Å². The number of benzene rings is 2. The zero-order valence-electron chi connectivity index (χ0n) is 19.0. The summed E-state index contributed by atoms with van der Waals surface area (Å²) in [4.78, 5) is 13.0. The molecule has 0 unspecified atom stereocenters. The first-order chi connectivity index (χ1) is 17.2. The van der Waals surface area contributed by atoms with Gasteiger partial charge in [-0.25, -0.2) is 0 Å². The van der Waals surface area contributed by atoms with Crippen LogP contribution >= 0.6 is 11.6 Å². The fourth-order valence-corrected chi connectivity index (χ4v) is 4.16. The fraction of sp³-hybridized carbons (Fsp3) is 0.280. The van der Waals surface area contributed by atoms with Crippen molar-refractivity contribution in [3.8, 4) is 28.3 Å². The summed E-state index contributed by atoms with van der Waals surface area (Å²) in [5, 5.41) is 4.31. The van der Waals surface area contributed by atoms with Gasteiger partial charge in [0.25, 0.3) is 0 Å². The Morgan fingerprint density at radius 2 is 1.92 bits per heavy atom. The van der Waals surface area contributed by atoms with Gasteiger partial charge in [0.2, 0.25) is 5.43 Å². The van der Waals surface area contributed by atoms with Gasteiger partial charge < -0.3 is 18.6 Å². The molecule has 0 saturated carbocycles. The van der Waals surface area contributed by atoms with Crippen LogP contribution in [0, 0.1) is 0 Å². The average molecular weight is 521 g/mol. The van der Waals surface area contributed by atoms with E-state index in [1.165, 1.54) is 6.07 Å². The first-order valence-electron chi connectivity index (χ1n) is 11.0. The summed E-state index contributed by atoms with van der Waals surface area (Å²) < 4.78 is 64.3. The van der Waals surface area contributed by atoms with Crippen molar-refractivity contribution in [2.24, 2.45) is 7.05 Å². The standard InChI is InChI=1S/C25H20ClF3N2O5/c1-31-8-6-18(30-31)14-2-4-16-20(12-14)36-24(22(26)23(16)32)17-5-3-15(25(27,28)29)13-19(17)33-9-7-21-34-10-11-35-21/h2-6,8,12-13,21H,7,9-11H2,1H3. The molecule has 0 radical (unpaired) electrons. The van der Waals surface area contributed by atoms with E-state index in [9.17, 15) is 18.0 Å². The largest absolute Gasteiger partial charge is 0.493 e. The van der Waals surface area contributed by atoms with E-state index in [2.05, 4.69) is 5.10 Å². The zero-order valence-corrected chi connectivity index (χ0v) is 19.7. The molecular weight excluding hydrogens is 501 g/mol. The van der Waals surface area contributed by atoms with Crippen LogP contribution in [0.3, 0.4) is 0 Å². The highest BCUT2D eigenvalue weighted by Crippen LogP contribution is 2.40. The van der Waals surface area contributed by atoms with E-state index in [4.69, 9.17) is 30.2 Å². The van der Waals surface area contributed by atoms with Crippen LogP contribution in [0.25, 0.3) is 33.6 Å². The molecule has 4 aromatic rings. The lowest BCUT2D eigenvalue weighted by Gasteiger charge is -2.16. The zero-order chi connectivity index (χ0) is 25.4. The smallest absolute Gasteiger partial charge is 0.416 e. The van der Waals surface area contributed by atoms with E-state index in [0.29, 0.717) is 30.9 Å². The number of rotatable bonds is 6. The summed E-state index contributed by atoms with van der Waals surface area (Å²) in [7, 11) is 1.78. The highest BCUT2D eigenvalue weighted by molar-refractivity contribution is 6.33. The minimum absolute atomic E-state index is 0.0121. The topological polar surface area (TPSA) is 75.7 Å². The minimum atomic E-state index is -4.60. The molecule has 2 aromatic carbocycles. The third kappa shape index (κ3) is 4.84. The van der Waals surface area contributed by atoms with Gasteiger partial charge in [-0.1, -0.05) is 17.7 Å². The molecule has 1 aliphatic heterocycles. The number of alkyl halides is 3. The maximum Gasteiger partial charge on any atom is 0.416 e. The molecule has 0 atom stereocenters. The number of hydrogen-bond acceptors (Lipinski definition) is 6. The summed E-state index contributed by atoms with van der Waals surface area (Å²) in [6.45, 7) is 0.897. The Labute approximate surface area is 207 Å². The second kappa shape index (κ2) is 9.61. The summed E-state index contributed by atoms with van der Waals surface area (Å²) in [5.41, 5.74) is 0.253. The fourth-order valence-electron chi connectivity index (χ4n) is 3.92. The van der Waals surface area contributed by atoms with Gasteiger partial charge in [-0.2, -0.15) is 18.3 Å².